The highest BCUT2D eigenvalue weighted by atomic mass is 19.1. The summed E-state index contributed by atoms with van der Waals surface area (Å²) in [4.78, 5) is 22.4. The highest BCUT2D eigenvalue weighted by Gasteiger charge is 2.20. The number of carbonyl (C=O) groups excluding carboxylic acids is 1. The van der Waals surface area contributed by atoms with E-state index in [0.29, 0.717) is 12.1 Å². The molecule has 1 aromatic heterocycles. The first-order chi connectivity index (χ1) is 9.40. The van der Waals surface area contributed by atoms with Crippen LogP contribution in [0.1, 0.15) is 20.8 Å². The average molecular weight is 284 g/mol. The number of hydrogen-bond donors (Lipinski definition) is 3. The molecule has 0 aliphatic heterocycles. The van der Waals surface area contributed by atoms with Gasteiger partial charge >= 0.3 is 5.97 Å². The van der Waals surface area contributed by atoms with Crippen LogP contribution in [0, 0.1) is 11.6 Å². The number of anilines is 2. The molecular weight excluding hydrogens is 278 g/mol. The Kier molecular flexibility index (Phi) is 3.29. The van der Waals surface area contributed by atoms with E-state index in [1.165, 1.54) is 0 Å². The molecular formula is C10H6F2N4O4. The zero-order valence-corrected chi connectivity index (χ0v) is 9.55. The molecule has 0 atom stereocenters. The Balaban J connectivity index is 2.34. The third-order valence-corrected chi connectivity index (χ3v) is 2.26. The number of aromatic nitrogens is 2. The van der Waals surface area contributed by atoms with Crippen molar-refractivity contribution in [3.8, 4) is 0 Å². The maximum absolute atomic E-state index is 13.5. The number of halogens is 2. The van der Waals surface area contributed by atoms with E-state index in [2.05, 4.69) is 14.9 Å². The molecule has 1 heterocycles. The predicted molar refractivity (Wildman–Crippen MR) is 60.0 cm³/mol. The molecule has 0 unspecified atom stereocenters. The van der Waals surface area contributed by atoms with E-state index in [4.69, 9.17) is 10.8 Å². The SMILES string of the molecule is Nc1nonc1C(=O)Nc1cc(C(=O)O)c(F)cc1F. The van der Waals surface area contributed by atoms with Crippen LogP contribution in [0.2, 0.25) is 0 Å². The highest BCUT2D eigenvalue weighted by Crippen LogP contribution is 2.20. The van der Waals surface area contributed by atoms with E-state index >= 15 is 0 Å². The van der Waals surface area contributed by atoms with Gasteiger partial charge in [0.2, 0.25) is 11.5 Å². The highest BCUT2D eigenvalue weighted by molar-refractivity contribution is 6.06. The summed E-state index contributed by atoms with van der Waals surface area (Å²) in [6.07, 6.45) is 0. The van der Waals surface area contributed by atoms with Gasteiger partial charge in [0.15, 0.2) is 0 Å². The van der Waals surface area contributed by atoms with Crippen molar-refractivity contribution in [2.24, 2.45) is 0 Å². The van der Waals surface area contributed by atoms with Gasteiger partial charge in [0, 0.05) is 6.07 Å². The Labute approximate surface area is 109 Å². The van der Waals surface area contributed by atoms with Crippen LogP contribution in [-0.4, -0.2) is 27.3 Å². The van der Waals surface area contributed by atoms with E-state index in [1.807, 2.05) is 5.32 Å². The molecule has 0 fully saturated rings. The van der Waals surface area contributed by atoms with Gasteiger partial charge in [0.1, 0.15) is 11.6 Å². The standard InChI is InChI=1S/C10H6F2N4O4/c11-4-2-5(12)6(1-3(4)10(18)19)14-9(17)7-8(13)16-20-15-7/h1-2H,(H2,13,16)(H,14,17)(H,18,19). The van der Waals surface area contributed by atoms with Gasteiger partial charge in [-0.1, -0.05) is 0 Å². The van der Waals surface area contributed by atoms with Crippen molar-refractivity contribution in [1.29, 1.82) is 0 Å². The van der Waals surface area contributed by atoms with Crippen LogP contribution in [0.25, 0.3) is 0 Å². The quantitative estimate of drug-likeness (QED) is 0.762. The molecule has 4 N–H and O–H groups in total. The lowest BCUT2D eigenvalue weighted by Gasteiger charge is -2.06. The first kappa shape index (κ1) is 13.4. The van der Waals surface area contributed by atoms with Crippen LogP contribution < -0.4 is 11.1 Å². The average Bonchev–Trinajstić information content (AvgIpc) is 2.78. The molecule has 0 spiro atoms. The van der Waals surface area contributed by atoms with Crippen molar-refractivity contribution in [2.75, 3.05) is 11.1 Å². The van der Waals surface area contributed by atoms with Gasteiger partial charge in [0.25, 0.3) is 5.91 Å². The summed E-state index contributed by atoms with van der Waals surface area (Å²) < 4.78 is 30.8. The molecule has 0 saturated carbocycles. The molecule has 2 rings (SSSR count). The van der Waals surface area contributed by atoms with Gasteiger partial charge in [-0.15, -0.1) is 0 Å². The summed E-state index contributed by atoms with van der Waals surface area (Å²) >= 11 is 0. The van der Waals surface area contributed by atoms with Crippen LogP contribution in [0.3, 0.4) is 0 Å². The molecule has 0 aliphatic carbocycles. The lowest BCUT2D eigenvalue weighted by molar-refractivity contribution is 0.0691. The summed E-state index contributed by atoms with van der Waals surface area (Å²) in [7, 11) is 0. The maximum Gasteiger partial charge on any atom is 0.338 e. The molecule has 2 aromatic rings. The number of benzene rings is 1. The second-order valence-electron chi connectivity index (χ2n) is 3.57. The van der Waals surface area contributed by atoms with Gasteiger partial charge < -0.3 is 16.2 Å². The molecule has 1 amide bonds. The first-order valence-corrected chi connectivity index (χ1v) is 5.02. The van der Waals surface area contributed by atoms with Crippen molar-refractivity contribution in [2.45, 2.75) is 0 Å². The molecule has 0 aliphatic rings. The minimum Gasteiger partial charge on any atom is -0.478 e. The van der Waals surface area contributed by atoms with Gasteiger partial charge in [-0.3, -0.25) is 4.79 Å². The Morgan fingerprint density at radius 1 is 1.25 bits per heavy atom. The third-order valence-electron chi connectivity index (χ3n) is 2.26. The van der Waals surface area contributed by atoms with E-state index in [9.17, 15) is 18.4 Å². The molecule has 0 saturated heterocycles. The summed E-state index contributed by atoms with van der Waals surface area (Å²) in [6, 6.07) is 0.970. The lowest BCUT2D eigenvalue weighted by atomic mass is 10.1. The number of nitrogens with zero attached hydrogens (tertiary/aromatic N) is 2. The Hall–Kier alpha value is -3.04. The molecule has 20 heavy (non-hydrogen) atoms. The molecule has 1 aromatic carbocycles. The van der Waals surface area contributed by atoms with Crippen LogP contribution >= 0.6 is 0 Å². The van der Waals surface area contributed by atoms with Crippen molar-refractivity contribution in [3.63, 3.8) is 0 Å². The Morgan fingerprint density at radius 2 is 1.95 bits per heavy atom. The second-order valence-corrected chi connectivity index (χ2v) is 3.57. The van der Waals surface area contributed by atoms with Gasteiger partial charge in [-0.05, 0) is 16.4 Å². The topological polar surface area (TPSA) is 131 Å². The number of aromatic carboxylic acids is 1. The summed E-state index contributed by atoms with van der Waals surface area (Å²) in [5, 5.41) is 17.0. The van der Waals surface area contributed by atoms with Crippen molar-refractivity contribution < 1.29 is 28.1 Å². The second kappa shape index (κ2) is 4.91. The fourth-order valence-electron chi connectivity index (χ4n) is 1.34. The van der Waals surface area contributed by atoms with Crippen LogP contribution in [0.5, 0.6) is 0 Å². The minimum absolute atomic E-state index is 0.330. The first-order valence-electron chi connectivity index (χ1n) is 5.02. The number of amides is 1. The fourth-order valence-corrected chi connectivity index (χ4v) is 1.34. The van der Waals surface area contributed by atoms with Gasteiger partial charge in [-0.25, -0.2) is 18.2 Å². The number of carboxylic acid groups (broad SMARTS) is 1. The van der Waals surface area contributed by atoms with Crippen LogP contribution in [-0.2, 0) is 0 Å². The zero-order chi connectivity index (χ0) is 14.9. The number of rotatable bonds is 3. The Morgan fingerprint density at radius 3 is 2.50 bits per heavy atom. The van der Waals surface area contributed by atoms with Crippen molar-refractivity contribution in [3.05, 3.63) is 35.0 Å². The normalized spacial score (nSPS) is 10.3. The summed E-state index contributed by atoms with van der Waals surface area (Å²) in [5.41, 5.74) is 3.50. The number of nitrogens with one attached hydrogen (secondary N) is 1. The van der Waals surface area contributed by atoms with Gasteiger partial charge in [0.05, 0.1) is 11.3 Å². The van der Waals surface area contributed by atoms with Crippen molar-refractivity contribution >= 4 is 23.4 Å². The van der Waals surface area contributed by atoms with Gasteiger partial charge in [-0.2, -0.15) is 0 Å². The van der Waals surface area contributed by atoms with Crippen LogP contribution in [0.4, 0.5) is 20.3 Å². The smallest absolute Gasteiger partial charge is 0.338 e. The molecule has 0 radical (unpaired) electrons. The Bertz CT molecular complexity index is 701. The fraction of sp³-hybridized carbons (Fsp3) is 0. The number of nitrogens with two attached hydrogens (primary N) is 1. The summed E-state index contributed by atoms with van der Waals surface area (Å²) in [6.45, 7) is 0. The predicted octanol–water partition coefficient (Wildman–Crippen LogP) is 0.880. The molecule has 104 valence electrons. The van der Waals surface area contributed by atoms with E-state index < -0.39 is 40.5 Å². The van der Waals surface area contributed by atoms with Crippen LogP contribution in [0.15, 0.2) is 16.8 Å². The van der Waals surface area contributed by atoms with E-state index in [1.54, 1.807) is 0 Å². The molecule has 10 heteroatoms. The molecule has 0 bridgehead atoms. The third kappa shape index (κ3) is 2.39. The lowest BCUT2D eigenvalue weighted by Crippen LogP contribution is -2.16. The molecule has 8 nitrogen and oxygen atoms in total. The van der Waals surface area contributed by atoms with E-state index in [0.717, 1.165) is 0 Å². The number of carbonyl (C=O) groups is 2. The maximum atomic E-state index is 13.5. The zero-order valence-electron chi connectivity index (χ0n) is 9.55. The summed E-state index contributed by atoms with van der Waals surface area (Å²) in [5.74, 6) is -5.35. The van der Waals surface area contributed by atoms with Crippen molar-refractivity contribution in [1.82, 2.24) is 10.3 Å². The van der Waals surface area contributed by atoms with E-state index in [-0.39, 0.29) is 5.82 Å². The minimum atomic E-state index is -1.61. The monoisotopic (exact) mass is 284 g/mol. The number of hydrogen-bond acceptors (Lipinski definition) is 6. The number of nitrogen functional groups attached to an aromatic ring is 1. The largest absolute Gasteiger partial charge is 0.478 e. The number of carboxylic acids is 1.